The molecule has 5 rings (SSSR count). The highest BCUT2D eigenvalue weighted by molar-refractivity contribution is 5.78. The van der Waals surface area contributed by atoms with Crippen LogP contribution in [-0.2, 0) is 0 Å². The first kappa shape index (κ1) is 23.3. The fourth-order valence-corrected chi connectivity index (χ4v) is 4.69. The van der Waals surface area contributed by atoms with Gasteiger partial charge in [0, 0.05) is 35.3 Å². The van der Waals surface area contributed by atoms with E-state index < -0.39 is 11.6 Å². The number of fused-ring (bicyclic) bond motifs is 1. The Morgan fingerprint density at radius 1 is 1.06 bits per heavy atom. The Labute approximate surface area is 203 Å². The molecule has 9 heteroatoms. The number of aromatic nitrogens is 4. The van der Waals surface area contributed by atoms with Crippen molar-refractivity contribution >= 4 is 23.5 Å². The predicted octanol–water partition coefficient (Wildman–Crippen LogP) is 5.01. The molecule has 3 aromatic rings. The second-order valence-electron chi connectivity index (χ2n) is 9.48. The van der Waals surface area contributed by atoms with Crippen LogP contribution in [0.4, 0.5) is 26.2 Å². The van der Waals surface area contributed by atoms with Gasteiger partial charge in [0.2, 0.25) is 5.95 Å². The minimum absolute atomic E-state index is 0.0263. The molecular weight excluding hydrogens is 448 g/mol. The van der Waals surface area contributed by atoms with Gasteiger partial charge in [0.05, 0.1) is 11.9 Å². The van der Waals surface area contributed by atoms with Gasteiger partial charge in [0.25, 0.3) is 0 Å². The number of piperidine rings is 1. The number of likely N-dealkylation sites (tertiary alicyclic amines) is 1. The molecule has 0 saturated carbocycles. The summed E-state index contributed by atoms with van der Waals surface area (Å²) >= 11 is 0. The molecule has 1 aromatic carbocycles. The van der Waals surface area contributed by atoms with Crippen molar-refractivity contribution in [2.75, 3.05) is 36.9 Å². The van der Waals surface area contributed by atoms with Gasteiger partial charge in [-0.15, -0.1) is 5.10 Å². The van der Waals surface area contributed by atoms with E-state index >= 15 is 0 Å². The van der Waals surface area contributed by atoms with Crippen molar-refractivity contribution in [2.24, 2.45) is 0 Å². The molecule has 0 spiro atoms. The van der Waals surface area contributed by atoms with Crippen molar-refractivity contribution in [2.45, 2.75) is 38.6 Å². The quantitative estimate of drug-likeness (QED) is 0.554. The number of halogens is 2. The lowest BCUT2D eigenvalue weighted by Gasteiger charge is -2.32. The topological polar surface area (TPSA) is 70.1 Å². The second kappa shape index (κ2) is 9.65. The summed E-state index contributed by atoms with van der Waals surface area (Å²) in [5, 5.41) is 11.7. The molecule has 182 valence electrons. The molecule has 4 heterocycles. The highest BCUT2D eigenvalue weighted by Crippen LogP contribution is 2.35. The Hall–Kier alpha value is -3.46. The Morgan fingerprint density at radius 2 is 1.86 bits per heavy atom. The zero-order valence-electron chi connectivity index (χ0n) is 20.2. The van der Waals surface area contributed by atoms with Gasteiger partial charge in [0.15, 0.2) is 11.6 Å². The normalized spacial score (nSPS) is 16.6. The first-order chi connectivity index (χ1) is 16.9. The summed E-state index contributed by atoms with van der Waals surface area (Å²) < 4.78 is 29.7. The first-order valence-electron chi connectivity index (χ1n) is 12.0. The fourth-order valence-electron chi connectivity index (χ4n) is 4.69. The van der Waals surface area contributed by atoms with E-state index in [1.165, 1.54) is 6.07 Å². The van der Waals surface area contributed by atoms with Gasteiger partial charge in [-0.25, -0.2) is 18.7 Å². The molecule has 2 aromatic heterocycles. The van der Waals surface area contributed by atoms with Crippen molar-refractivity contribution in [1.29, 1.82) is 0 Å². The van der Waals surface area contributed by atoms with Gasteiger partial charge in [-0.05, 0) is 71.1 Å². The Morgan fingerprint density at radius 3 is 2.57 bits per heavy atom. The molecule has 0 atom stereocenters. The van der Waals surface area contributed by atoms with E-state index in [2.05, 4.69) is 42.3 Å². The van der Waals surface area contributed by atoms with Crippen LogP contribution in [0.25, 0.3) is 17.3 Å². The molecule has 2 aliphatic heterocycles. The molecule has 0 bridgehead atoms. The van der Waals surface area contributed by atoms with Gasteiger partial charge in [-0.3, -0.25) is 0 Å². The lowest BCUT2D eigenvalue weighted by atomic mass is 9.94. The Balaban J connectivity index is 1.40. The molecule has 7 nitrogen and oxygen atoms in total. The van der Waals surface area contributed by atoms with Crippen molar-refractivity contribution in [3.05, 3.63) is 59.4 Å². The van der Waals surface area contributed by atoms with Crippen LogP contribution in [-0.4, -0.2) is 57.8 Å². The number of rotatable bonds is 5. The summed E-state index contributed by atoms with van der Waals surface area (Å²) in [5.41, 5.74) is 2.58. The molecule has 2 aliphatic rings. The van der Waals surface area contributed by atoms with Gasteiger partial charge in [-0.2, -0.15) is 5.10 Å². The minimum Gasteiger partial charge on any atom is -0.365 e. The lowest BCUT2D eigenvalue weighted by Crippen LogP contribution is -2.33. The number of nitrogens with one attached hydrogen (secondary N) is 1. The lowest BCUT2D eigenvalue weighted by molar-refractivity contribution is 0.253. The molecule has 35 heavy (non-hydrogen) atoms. The summed E-state index contributed by atoms with van der Waals surface area (Å²) in [5.74, 6) is -0.00271. The number of hydrogen-bond acceptors (Lipinski definition) is 7. The largest absolute Gasteiger partial charge is 0.365 e. The van der Waals surface area contributed by atoms with Crippen LogP contribution in [0.5, 0.6) is 0 Å². The molecule has 0 amide bonds. The van der Waals surface area contributed by atoms with Crippen LogP contribution in [0, 0.1) is 11.6 Å². The van der Waals surface area contributed by atoms with Gasteiger partial charge >= 0.3 is 0 Å². The summed E-state index contributed by atoms with van der Waals surface area (Å²) in [6.07, 6.45) is 6.90. The van der Waals surface area contributed by atoms with Crippen LogP contribution in [0.2, 0.25) is 0 Å². The second-order valence-corrected chi connectivity index (χ2v) is 9.48. The summed E-state index contributed by atoms with van der Waals surface area (Å²) in [6, 6.07) is 7.06. The van der Waals surface area contributed by atoms with Crippen molar-refractivity contribution in [3.8, 4) is 11.3 Å². The predicted molar refractivity (Wildman–Crippen MR) is 134 cm³/mol. The molecule has 0 unspecified atom stereocenters. The maximum atomic E-state index is 15.0. The molecule has 1 fully saturated rings. The van der Waals surface area contributed by atoms with E-state index in [0.29, 0.717) is 29.4 Å². The zero-order valence-corrected chi connectivity index (χ0v) is 20.2. The number of benzene rings is 1. The number of nitrogens with zero attached hydrogens (tertiary/aromatic N) is 6. The third-order valence-electron chi connectivity index (χ3n) is 6.71. The standard InChI is InChI=1S/C26H29F2N7/c1-16(2)35-10-4-5-19-20(27)13-18(14-23(19)35)25-21(28)15-29-26(31-25)30-24-7-6-22(32-33-24)17-8-11-34(3)12-9-17/h4-7,13-17H,8-12H2,1-3H3,(H,29,30,31,33). The monoisotopic (exact) mass is 477 g/mol. The Kier molecular flexibility index (Phi) is 6.42. The van der Waals surface area contributed by atoms with Crippen molar-refractivity contribution in [1.82, 2.24) is 25.1 Å². The minimum atomic E-state index is -0.624. The number of anilines is 3. The van der Waals surface area contributed by atoms with Gasteiger partial charge < -0.3 is 15.1 Å². The van der Waals surface area contributed by atoms with E-state index in [1.54, 1.807) is 12.1 Å². The van der Waals surface area contributed by atoms with Gasteiger partial charge in [0.1, 0.15) is 11.5 Å². The summed E-state index contributed by atoms with van der Waals surface area (Å²) in [6.45, 7) is 6.85. The zero-order chi connectivity index (χ0) is 24.5. The fraction of sp³-hybridized carbons (Fsp3) is 0.385. The average Bonchev–Trinajstić information content (AvgIpc) is 2.86. The summed E-state index contributed by atoms with van der Waals surface area (Å²) in [7, 11) is 2.13. The Bertz CT molecular complexity index is 1240. The van der Waals surface area contributed by atoms with E-state index in [0.717, 1.165) is 43.5 Å². The maximum absolute atomic E-state index is 15.0. The molecule has 0 radical (unpaired) electrons. The van der Waals surface area contributed by atoms with Crippen molar-refractivity contribution < 1.29 is 8.78 Å². The van der Waals surface area contributed by atoms with E-state index in [9.17, 15) is 8.78 Å². The molecule has 1 saturated heterocycles. The third kappa shape index (κ3) is 4.86. The van der Waals surface area contributed by atoms with E-state index in [1.807, 2.05) is 32.1 Å². The van der Waals surface area contributed by atoms with Crippen LogP contribution >= 0.6 is 0 Å². The molecular formula is C26H29F2N7. The highest BCUT2D eigenvalue weighted by Gasteiger charge is 2.22. The van der Waals surface area contributed by atoms with Gasteiger partial charge in [-0.1, -0.05) is 12.2 Å². The molecule has 1 N–H and O–H groups in total. The first-order valence-corrected chi connectivity index (χ1v) is 12.0. The smallest absolute Gasteiger partial charge is 0.229 e. The van der Waals surface area contributed by atoms with Crippen LogP contribution in [0.1, 0.15) is 43.9 Å². The highest BCUT2D eigenvalue weighted by atomic mass is 19.1. The third-order valence-corrected chi connectivity index (χ3v) is 6.71. The van der Waals surface area contributed by atoms with Crippen LogP contribution < -0.4 is 10.2 Å². The SMILES string of the molecule is CC(C)N1CC=Cc2c(F)cc(-c3nc(Nc4ccc(C5CCN(C)CC5)nn4)ncc3F)cc21. The van der Waals surface area contributed by atoms with E-state index in [4.69, 9.17) is 0 Å². The average molecular weight is 478 g/mol. The van der Waals surface area contributed by atoms with Crippen LogP contribution in [0.3, 0.4) is 0 Å². The maximum Gasteiger partial charge on any atom is 0.229 e. The van der Waals surface area contributed by atoms with Crippen LogP contribution in [0.15, 0.2) is 36.5 Å². The van der Waals surface area contributed by atoms with E-state index in [-0.39, 0.29) is 17.7 Å². The summed E-state index contributed by atoms with van der Waals surface area (Å²) in [4.78, 5) is 12.8. The molecule has 0 aliphatic carbocycles. The van der Waals surface area contributed by atoms with Crippen molar-refractivity contribution in [3.63, 3.8) is 0 Å². The number of hydrogen-bond donors (Lipinski definition) is 1.